The van der Waals surface area contributed by atoms with E-state index >= 15 is 0 Å². The molecule has 2 amide bonds. The van der Waals surface area contributed by atoms with Crippen LogP contribution in [0.15, 0.2) is 0 Å². The average Bonchev–Trinajstić information content (AvgIpc) is 2.64. The van der Waals surface area contributed by atoms with Crippen LogP contribution in [0.2, 0.25) is 0 Å². The Morgan fingerprint density at radius 1 is 1.45 bits per heavy atom. The summed E-state index contributed by atoms with van der Waals surface area (Å²) in [7, 11) is 0. The van der Waals surface area contributed by atoms with Crippen molar-refractivity contribution in [3.05, 3.63) is 0 Å². The number of amides is 2. The van der Waals surface area contributed by atoms with Crippen LogP contribution >= 0.6 is 11.8 Å². The minimum absolute atomic E-state index is 0.0410. The summed E-state index contributed by atoms with van der Waals surface area (Å²) in [5.74, 6) is 0.195. The molecule has 1 N–H and O–H groups in total. The van der Waals surface area contributed by atoms with Crippen LogP contribution in [-0.4, -0.2) is 52.5 Å². The largest absolute Gasteiger partial charge is 0.444 e. The molecule has 0 aromatic heterocycles. The van der Waals surface area contributed by atoms with Crippen molar-refractivity contribution in [3.63, 3.8) is 0 Å². The molecule has 7 heteroatoms. The summed E-state index contributed by atoms with van der Waals surface area (Å²) in [6, 6.07) is 0. The number of hydrogen-bond donors (Lipinski definition) is 1. The fourth-order valence-corrected chi connectivity index (χ4v) is 3.19. The van der Waals surface area contributed by atoms with Gasteiger partial charge in [-0.2, -0.15) is 0 Å². The molecule has 0 saturated carbocycles. The summed E-state index contributed by atoms with van der Waals surface area (Å²) >= 11 is 1.23. The highest BCUT2D eigenvalue weighted by molar-refractivity contribution is 8.14. The molecule has 0 aromatic carbocycles. The van der Waals surface area contributed by atoms with E-state index in [1.807, 2.05) is 27.7 Å². The molecule has 6 nitrogen and oxygen atoms in total. The molecule has 22 heavy (non-hydrogen) atoms. The Bertz CT molecular complexity index is 434. The van der Waals surface area contributed by atoms with Crippen LogP contribution in [0.4, 0.5) is 4.79 Å². The van der Waals surface area contributed by atoms with Gasteiger partial charge in [0.1, 0.15) is 5.60 Å². The number of nitrogens with zero attached hydrogens (tertiary/aromatic N) is 1. The number of carbonyl (C=O) groups is 3. The molecule has 0 bridgehead atoms. The quantitative estimate of drug-likeness (QED) is 0.835. The Morgan fingerprint density at radius 2 is 2.09 bits per heavy atom. The van der Waals surface area contributed by atoms with E-state index in [1.54, 1.807) is 4.90 Å². The third kappa shape index (κ3) is 7.15. The minimum atomic E-state index is -0.518. The monoisotopic (exact) mass is 330 g/mol. The third-order valence-electron chi connectivity index (χ3n) is 3.04. The van der Waals surface area contributed by atoms with Gasteiger partial charge in [0.2, 0.25) is 5.91 Å². The van der Waals surface area contributed by atoms with Crippen LogP contribution < -0.4 is 5.32 Å². The maximum atomic E-state index is 11.9. The number of likely N-dealkylation sites (tertiary alicyclic amines) is 1. The van der Waals surface area contributed by atoms with E-state index in [0.29, 0.717) is 26.1 Å². The molecule has 0 spiro atoms. The smallest absolute Gasteiger partial charge is 0.407 e. The molecule has 0 radical (unpaired) electrons. The molecular weight excluding hydrogens is 304 g/mol. The summed E-state index contributed by atoms with van der Waals surface area (Å²) < 4.78 is 5.17. The molecule has 0 aromatic rings. The highest BCUT2D eigenvalue weighted by Gasteiger charge is 2.31. The Hall–Kier alpha value is -1.24. The van der Waals surface area contributed by atoms with Gasteiger partial charge in [-0.15, -0.1) is 0 Å². The lowest BCUT2D eigenvalue weighted by atomic mass is 10.1. The van der Waals surface area contributed by atoms with Gasteiger partial charge < -0.3 is 15.0 Å². The number of hydrogen-bond acceptors (Lipinski definition) is 5. The first-order valence-corrected chi connectivity index (χ1v) is 8.36. The minimum Gasteiger partial charge on any atom is -0.444 e. The summed E-state index contributed by atoms with van der Waals surface area (Å²) in [6.07, 6.45) is -0.0340. The molecule has 1 heterocycles. The van der Waals surface area contributed by atoms with Gasteiger partial charge >= 0.3 is 6.09 Å². The zero-order chi connectivity index (χ0) is 16.9. The lowest BCUT2D eigenvalue weighted by Crippen LogP contribution is -2.38. The molecule has 1 aliphatic rings. The number of carbonyl (C=O) groups excluding carboxylic acids is 3. The summed E-state index contributed by atoms with van der Waals surface area (Å²) in [6.45, 7) is 10.5. The van der Waals surface area contributed by atoms with Crippen LogP contribution in [0, 0.1) is 5.92 Å². The maximum Gasteiger partial charge on any atom is 0.407 e. The molecular formula is C15H26N2O4S. The fraction of sp³-hybridized carbons (Fsp3) is 0.800. The van der Waals surface area contributed by atoms with Crippen molar-refractivity contribution in [2.45, 2.75) is 51.9 Å². The Morgan fingerprint density at radius 3 is 2.64 bits per heavy atom. The molecule has 2 unspecified atom stereocenters. The van der Waals surface area contributed by atoms with Crippen molar-refractivity contribution >= 4 is 28.9 Å². The first-order chi connectivity index (χ1) is 10.1. The van der Waals surface area contributed by atoms with Crippen molar-refractivity contribution in [1.82, 2.24) is 10.2 Å². The van der Waals surface area contributed by atoms with E-state index in [4.69, 9.17) is 4.74 Å². The SMILES string of the molecule is CC(=O)SC1CC(=O)N(CC(C)CNC(=O)OC(C)(C)C)C1. The first kappa shape index (κ1) is 18.8. The van der Waals surface area contributed by atoms with Crippen molar-refractivity contribution in [1.29, 1.82) is 0 Å². The van der Waals surface area contributed by atoms with Crippen molar-refractivity contribution < 1.29 is 19.1 Å². The van der Waals surface area contributed by atoms with E-state index in [9.17, 15) is 14.4 Å². The maximum absolute atomic E-state index is 11.9. The van der Waals surface area contributed by atoms with Crippen molar-refractivity contribution in [3.8, 4) is 0 Å². The number of rotatable bonds is 5. The Labute approximate surface area is 136 Å². The first-order valence-electron chi connectivity index (χ1n) is 7.48. The van der Waals surface area contributed by atoms with Gasteiger partial charge in [0.25, 0.3) is 0 Å². The lowest BCUT2D eigenvalue weighted by molar-refractivity contribution is -0.128. The van der Waals surface area contributed by atoms with E-state index in [1.165, 1.54) is 18.7 Å². The second kappa shape index (κ2) is 7.85. The van der Waals surface area contributed by atoms with Gasteiger partial charge in [-0.25, -0.2) is 4.79 Å². The van der Waals surface area contributed by atoms with Gasteiger partial charge in [-0.3, -0.25) is 9.59 Å². The van der Waals surface area contributed by atoms with Crippen LogP contribution in [0.25, 0.3) is 0 Å². The van der Waals surface area contributed by atoms with Gasteiger partial charge in [-0.05, 0) is 26.7 Å². The average molecular weight is 330 g/mol. The number of ether oxygens (including phenoxy) is 1. The van der Waals surface area contributed by atoms with Crippen LogP contribution in [-0.2, 0) is 14.3 Å². The number of alkyl carbamates (subject to hydrolysis) is 1. The van der Waals surface area contributed by atoms with Crippen LogP contribution in [0.3, 0.4) is 0 Å². The normalized spacial score (nSPS) is 20.0. The predicted molar refractivity (Wildman–Crippen MR) is 86.7 cm³/mol. The fourth-order valence-electron chi connectivity index (χ4n) is 2.24. The topological polar surface area (TPSA) is 75.7 Å². The van der Waals surface area contributed by atoms with Crippen molar-refractivity contribution in [2.75, 3.05) is 19.6 Å². The van der Waals surface area contributed by atoms with E-state index < -0.39 is 11.7 Å². The molecule has 0 aliphatic carbocycles. The molecule has 2 atom stereocenters. The molecule has 126 valence electrons. The van der Waals surface area contributed by atoms with E-state index in [-0.39, 0.29) is 22.2 Å². The van der Waals surface area contributed by atoms with Crippen LogP contribution in [0.1, 0.15) is 41.0 Å². The number of nitrogens with one attached hydrogen (secondary N) is 1. The summed E-state index contributed by atoms with van der Waals surface area (Å²) in [5, 5.41) is 2.81. The highest BCUT2D eigenvalue weighted by Crippen LogP contribution is 2.24. The Kier molecular flexibility index (Phi) is 6.71. The lowest BCUT2D eigenvalue weighted by Gasteiger charge is -2.23. The van der Waals surface area contributed by atoms with Gasteiger partial charge in [-0.1, -0.05) is 18.7 Å². The molecule has 1 saturated heterocycles. The van der Waals surface area contributed by atoms with Crippen molar-refractivity contribution in [2.24, 2.45) is 5.92 Å². The summed E-state index contributed by atoms with van der Waals surface area (Å²) in [5.41, 5.74) is -0.518. The van der Waals surface area contributed by atoms with Gasteiger partial charge in [0.15, 0.2) is 5.12 Å². The molecule has 1 aliphatic heterocycles. The zero-order valence-corrected chi connectivity index (χ0v) is 14.8. The predicted octanol–water partition coefficient (Wildman–Crippen LogP) is 2.03. The van der Waals surface area contributed by atoms with Gasteiger partial charge in [0.05, 0.1) is 0 Å². The van der Waals surface area contributed by atoms with Crippen LogP contribution in [0.5, 0.6) is 0 Å². The van der Waals surface area contributed by atoms with Gasteiger partial charge in [0, 0.05) is 38.2 Å². The van der Waals surface area contributed by atoms with E-state index in [0.717, 1.165) is 0 Å². The highest BCUT2D eigenvalue weighted by atomic mass is 32.2. The third-order valence-corrected chi connectivity index (χ3v) is 4.02. The Balaban J connectivity index is 2.33. The number of thioether (sulfide) groups is 1. The molecule has 1 rings (SSSR count). The standard InChI is InChI=1S/C15H26N2O4S/c1-10(7-16-14(20)21-15(3,4)5)8-17-9-12(6-13(17)19)22-11(2)18/h10,12H,6-9H2,1-5H3,(H,16,20). The second-order valence-corrected chi connectivity index (χ2v) is 8.20. The second-order valence-electron chi connectivity index (χ2n) is 6.72. The summed E-state index contributed by atoms with van der Waals surface area (Å²) in [4.78, 5) is 36.4. The van der Waals surface area contributed by atoms with E-state index in [2.05, 4.69) is 5.32 Å². The zero-order valence-electron chi connectivity index (χ0n) is 14.0. The molecule has 1 fully saturated rings.